The molecular formula is C21H15BrN2O2. The molecule has 0 radical (unpaired) electrons. The molecule has 5 heteroatoms. The van der Waals surface area contributed by atoms with Crippen molar-refractivity contribution >= 4 is 26.7 Å². The maximum atomic E-state index is 9.76. The van der Waals surface area contributed by atoms with Crippen molar-refractivity contribution < 1.29 is 9.47 Å². The number of fused-ring (bicyclic) bond motifs is 3. The highest BCUT2D eigenvalue weighted by Crippen LogP contribution is 2.46. The fourth-order valence-electron chi connectivity index (χ4n) is 3.44. The maximum Gasteiger partial charge on any atom is 0.205 e. The molecular weight excluding hydrogens is 392 g/mol. The Morgan fingerprint density at radius 2 is 1.96 bits per heavy atom. The van der Waals surface area contributed by atoms with E-state index in [0.717, 1.165) is 32.1 Å². The quantitative estimate of drug-likeness (QED) is 0.661. The molecule has 1 heterocycles. The molecule has 0 aliphatic carbocycles. The van der Waals surface area contributed by atoms with E-state index >= 15 is 0 Å². The fraction of sp³-hybridized carbons (Fsp3) is 0.0952. The number of nitrogens with zero attached hydrogens (tertiary/aromatic N) is 1. The van der Waals surface area contributed by atoms with E-state index in [1.54, 1.807) is 7.11 Å². The number of hydrogen-bond acceptors (Lipinski definition) is 4. The van der Waals surface area contributed by atoms with Gasteiger partial charge in [0, 0.05) is 5.56 Å². The van der Waals surface area contributed by atoms with E-state index in [2.05, 4.69) is 22.0 Å². The van der Waals surface area contributed by atoms with Crippen molar-refractivity contribution in [1.29, 1.82) is 5.26 Å². The first-order valence-electron chi connectivity index (χ1n) is 8.06. The average molecular weight is 407 g/mol. The van der Waals surface area contributed by atoms with Gasteiger partial charge < -0.3 is 15.2 Å². The Morgan fingerprint density at radius 3 is 2.69 bits per heavy atom. The van der Waals surface area contributed by atoms with Gasteiger partial charge in [0.1, 0.15) is 23.1 Å². The second-order valence-corrected chi connectivity index (χ2v) is 6.87. The Hall–Kier alpha value is -2.97. The molecule has 26 heavy (non-hydrogen) atoms. The van der Waals surface area contributed by atoms with Crippen LogP contribution in [0.5, 0.6) is 11.5 Å². The fourth-order valence-corrected chi connectivity index (χ4v) is 4.00. The SMILES string of the molecule is COc1ccc([C@@H]2C(C#N)=C(N)Oc3ccc4ccccc4c32)cc1Br. The molecule has 0 amide bonds. The van der Waals surface area contributed by atoms with E-state index in [9.17, 15) is 5.26 Å². The van der Waals surface area contributed by atoms with Crippen LogP contribution < -0.4 is 15.2 Å². The Labute approximate surface area is 159 Å². The van der Waals surface area contributed by atoms with E-state index in [1.165, 1.54) is 0 Å². The van der Waals surface area contributed by atoms with Gasteiger partial charge in [0.2, 0.25) is 5.88 Å². The van der Waals surface area contributed by atoms with E-state index in [4.69, 9.17) is 15.2 Å². The Balaban J connectivity index is 2.03. The summed E-state index contributed by atoms with van der Waals surface area (Å²) in [6, 6.07) is 20.0. The number of nitriles is 1. The zero-order valence-electron chi connectivity index (χ0n) is 14.0. The van der Waals surface area contributed by atoms with Crippen molar-refractivity contribution in [3.05, 3.63) is 81.7 Å². The highest BCUT2D eigenvalue weighted by molar-refractivity contribution is 9.10. The number of methoxy groups -OCH3 is 1. The van der Waals surface area contributed by atoms with Crippen molar-refractivity contribution in [2.75, 3.05) is 7.11 Å². The van der Waals surface area contributed by atoms with Gasteiger partial charge in [-0.25, -0.2) is 0 Å². The number of ether oxygens (including phenoxy) is 2. The minimum Gasteiger partial charge on any atom is -0.496 e. The zero-order chi connectivity index (χ0) is 18.3. The molecule has 0 aromatic heterocycles. The third-order valence-corrected chi connectivity index (χ3v) is 5.24. The van der Waals surface area contributed by atoms with Crippen LogP contribution in [0, 0.1) is 11.3 Å². The monoisotopic (exact) mass is 406 g/mol. The van der Waals surface area contributed by atoms with Crippen LogP contribution >= 0.6 is 15.9 Å². The summed E-state index contributed by atoms with van der Waals surface area (Å²) in [5, 5.41) is 11.9. The zero-order valence-corrected chi connectivity index (χ0v) is 15.6. The van der Waals surface area contributed by atoms with Crippen LogP contribution in [0.2, 0.25) is 0 Å². The molecule has 1 aliphatic heterocycles. The number of benzene rings is 3. The van der Waals surface area contributed by atoms with Gasteiger partial charge in [-0.2, -0.15) is 5.26 Å². The second-order valence-electron chi connectivity index (χ2n) is 6.02. The topological polar surface area (TPSA) is 68.3 Å². The standard InChI is InChI=1S/C21H15BrN2O2/c1-25-17-8-7-13(10-16(17)22)19-15(11-23)21(24)26-18-9-6-12-4-2-3-5-14(12)20(18)19/h2-10,19H,24H2,1H3/t19-/m1/s1. The van der Waals surface area contributed by atoms with Gasteiger partial charge in [-0.3, -0.25) is 0 Å². The smallest absolute Gasteiger partial charge is 0.205 e. The largest absolute Gasteiger partial charge is 0.496 e. The first-order valence-corrected chi connectivity index (χ1v) is 8.86. The second kappa shape index (κ2) is 6.40. The summed E-state index contributed by atoms with van der Waals surface area (Å²) < 4.78 is 11.9. The van der Waals surface area contributed by atoms with Gasteiger partial charge in [0.05, 0.1) is 17.5 Å². The average Bonchev–Trinajstić information content (AvgIpc) is 2.66. The summed E-state index contributed by atoms with van der Waals surface area (Å²) in [5.41, 5.74) is 8.37. The minimum atomic E-state index is -0.308. The van der Waals surface area contributed by atoms with E-state index < -0.39 is 0 Å². The number of halogens is 1. The molecule has 128 valence electrons. The molecule has 0 fully saturated rings. The highest BCUT2D eigenvalue weighted by Gasteiger charge is 2.32. The summed E-state index contributed by atoms with van der Waals surface area (Å²) in [5.74, 6) is 1.25. The predicted octanol–water partition coefficient (Wildman–Crippen LogP) is 4.83. The first kappa shape index (κ1) is 16.5. The normalized spacial score (nSPS) is 16.0. The molecule has 4 nitrogen and oxygen atoms in total. The molecule has 0 unspecified atom stereocenters. The number of allylic oxidation sites excluding steroid dienone is 1. The number of nitrogens with two attached hydrogens (primary N) is 1. The van der Waals surface area contributed by atoms with Gasteiger partial charge >= 0.3 is 0 Å². The lowest BCUT2D eigenvalue weighted by molar-refractivity contribution is 0.394. The van der Waals surface area contributed by atoms with Crippen LogP contribution in [0.4, 0.5) is 0 Å². The molecule has 0 bridgehead atoms. The van der Waals surface area contributed by atoms with E-state index in [1.807, 2.05) is 54.6 Å². The molecule has 4 rings (SSSR count). The molecule has 2 N–H and O–H groups in total. The summed E-state index contributed by atoms with van der Waals surface area (Å²) in [4.78, 5) is 0. The van der Waals surface area contributed by atoms with Gasteiger partial charge in [-0.05, 0) is 50.5 Å². The molecule has 1 aliphatic rings. The molecule has 3 aromatic rings. The van der Waals surface area contributed by atoms with Crippen molar-refractivity contribution in [3.63, 3.8) is 0 Å². The first-order chi connectivity index (χ1) is 12.6. The molecule has 0 saturated heterocycles. The van der Waals surface area contributed by atoms with Crippen LogP contribution in [0.3, 0.4) is 0 Å². The molecule has 0 spiro atoms. The Bertz CT molecular complexity index is 1100. The molecule has 1 atom stereocenters. The Kier molecular flexibility index (Phi) is 4.06. The maximum absolute atomic E-state index is 9.76. The minimum absolute atomic E-state index is 0.146. The molecule has 0 saturated carbocycles. The molecule has 3 aromatic carbocycles. The lowest BCUT2D eigenvalue weighted by Crippen LogP contribution is -2.21. The van der Waals surface area contributed by atoms with Crippen molar-refractivity contribution in [3.8, 4) is 17.6 Å². The van der Waals surface area contributed by atoms with Crippen LogP contribution in [-0.2, 0) is 0 Å². The van der Waals surface area contributed by atoms with Crippen LogP contribution in [0.25, 0.3) is 10.8 Å². The van der Waals surface area contributed by atoms with Gasteiger partial charge in [-0.1, -0.05) is 36.4 Å². The van der Waals surface area contributed by atoms with Crippen LogP contribution in [0.15, 0.2) is 70.5 Å². The third-order valence-electron chi connectivity index (χ3n) is 4.62. The summed E-state index contributed by atoms with van der Waals surface area (Å²) >= 11 is 3.53. The lowest BCUT2D eigenvalue weighted by atomic mass is 9.81. The van der Waals surface area contributed by atoms with E-state index in [0.29, 0.717) is 11.3 Å². The van der Waals surface area contributed by atoms with Crippen LogP contribution in [0.1, 0.15) is 17.0 Å². The van der Waals surface area contributed by atoms with Gasteiger partial charge in [0.25, 0.3) is 0 Å². The van der Waals surface area contributed by atoms with E-state index in [-0.39, 0.29) is 11.8 Å². The highest BCUT2D eigenvalue weighted by atomic mass is 79.9. The lowest BCUT2D eigenvalue weighted by Gasteiger charge is -2.28. The summed E-state index contributed by atoms with van der Waals surface area (Å²) in [6.07, 6.45) is 0. The van der Waals surface area contributed by atoms with Crippen LogP contribution in [-0.4, -0.2) is 7.11 Å². The van der Waals surface area contributed by atoms with Crippen molar-refractivity contribution in [1.82, 2.24) is 0 Å². The predicted molar refractivity (Wildman–Crippen MR) is 104 cm³/mol. The number of hydrogen-bond donors (Lipinski definition) is 1. The summed E-state index contributed by atoms with van der Waals surface area (Å²) in [6.45, 7) is 0. The third kappa shape index (κ3) is 2.51. The van der Waals surface area contributed by atoms with Gasteiger partial charge in [0.15, 0.2) is 0 Å². The van der Waals surface area contributed by atoms with Gasteiger partial charge in [-0.15, -0.1) is 0 Å². The summed E-state index contributed by atoms with van der Waals surface area (Å²) in [7, 11) is 1.62. The van der Waals surface area contributed by atoms with Crippen molar-refractivity contribution in [2.45, 2.75) is 5.92 Å². The Morgan fingerprint density at radius 1 is 1.15 bits per heavy atom. The van der Waals surface area contributed by atoms with Crippen molar-refractivity contribution in [2.24, 2.45) is 5.73 Å². The number of rotatable bonds is 2.